The Balaban J connectivity index is 1.79. The van der Waals surface area contributed by atoms with Gasteiger partial charge in [-0.2, -0.15) is 0 Å². The third kappa shape index (κ3) is 4.17. The molecule has 2 aliphatic heterocycles. The quantitative estimate of drug-likeness (QED) is 0.843. The SMILES string of the molecule is CC(CCNC(C)(C)C)N1CC2CCCN2CC1C. The molecule has 3 nitrogen and oxygen atoms in total. The average Bonchev–Trinajstić information content (AvgIpc) is 2.72. The van der Waals surface area contributed by atoms with Crippen LogP contribution in [0.3, 0.4) is 0 Å². The second-order valence-corrected chi connectivity index (χ2v) is 7.65. The van der Waals surface area contributed by atoms with E-state index in [4.69, 9.17) is 0 Å². The second kappa shape index (κ2) is 6.11. The molecule has 2 fully saturated rings. The minimum absolute atomic E-state index is 0.246. The summed E-state index contributed by atoms with van der Waals surface area (Å²) < 4.78 is 0. The highest BCUT2D eigenvalue weighted by molar-refractivity contribution is 4.92. The lowest BCUT2D eigenvalue weighted by Crippen LogP contribution is -2.57. The monoisotopic (exact) mass is 267 g/mol. The van der Waals surface area contributed by atoms with Crippen molar-refractivity contribution in [2.45, 2.75) is 77.5 Å². The number of piperazine rings is 1. The van der Waals surface area contributed by atoms with Gasteiger partial charge in [-0.25, -0.2) is 0 Å². The normalized spacial score (nSPS) is 31.4. The van der Waals surface area contributed by atoms with E-state index in [2.05, 4.69) is 49.7 Å². The number of rotatable bonds is 4. The van der Waals surface area contributed by atoms with Gasteiger partial charge in [0, 0.05) is 36.8 Å². The predicted molar refractivity (Wildman–Crippen MR) is 82.6 cm³/mol. The van der Waals surface area contributed by atoms with Crippen LogP contribution in [0.5, 0.6) is 0 Å². The van der Waals surface area contributed by atoms with Crippen molar-refractivity contribution in [3.63, 3.8) is 0 Å². The van der Waals surface area contributed by atoms with Crippen LogP contribution in [0.4, 0.5) is 0 Å². The first-order valence-electron chi connectivity index (χ1n) is 8.11. The second-order valence-electron chi connectivity index (χ2n) is 7.65. The van der Waals surface area contributed by atoms with Crippen molar-refractivity contribution in [2.75, 3.05) is 26.2 Å². The van der Waals surface area contributed by atoms with Crippen LogP contribution in [0.1, 0.15) is 53.9 Å². The van der Waals surface area contributed by atoms with E-state index in [9.17, 15) is 0 Å². The topological polar surface area (TPSA) is 18.5 Å². The highest BCUT2D eigenvalue weighted by Gasteiger charge is 2.35. The molecule has 0 radical (unpaired) electrons. The van der Waals surface area contributed by atoms with Gasteiger partial charge in [0.1, 0.15) is 0 Å². The van der Waals surface area contributed by atoms with Crippen LogP contribution in [0.2, 0.25) is 0 Å². The Labute approximate surface area is 119 Å². The van der Waals surface area contributed by atoms with Gasteiger partial charge in [0.2, 0.25) is 0 Å². The van der Waals surface area contributed by atoms with Crippen LogP contribution in [0, 0.1) is 0 Å². The van der Waals surface area contributed by atoms with Crippen LogP contribution in [0.15, 0.2) is 0 Å². The molecule has 0 aromatic carbocycles. The summed E-state index contributed by atoms with van der Waals surface area (Å²) in [7, 11) is 0. The number of fused-ring (bicyclic) bond motifs is 1. The molecule has 0 aromatic heterocycles. The minimum atomic E-state index is 0.246. The summed E-state index contributed by atoms with van der Waals surface area (Å²) in [6, 6.07) is 2.26. The molecule has 3 heteroatoms. The van der Waals surface area contributed by atoms with E-state index < -0.39 is 0 Å². The molecule has 0 spiro atoms. The first-order chi connectivity index (χ1) is 8.87. The van der Waals surface area contributed by atoms with Crippen LogP contribution >= 0.6 is 0 Å². The lowest BCUT2D eigenvalue weighted by Gasteiger charge is -2.45. The van der Waals surface area contributed by atoms with Crippen LogP contribution in [-0.4, -0.2) is 59.6 Å². The zero-order valence-corrected chi connectivity index (χ0v) is 13.6. The first kappa shape index (κ1) is 15.3. The van der Waals surface area contributed by atoms with Crippen molar-refractivity contribution in [3.8, 4) is 0 Å². The van der Waals surface area contributed by atoms with E-state index in [1.54, 1.807) is 0 Å². The van der Waals surface area contributed by atoms with Crippen molar-refractivity contribution in [2.24, 2.45) is 0 Å². The van der Waals surface area contributed by atoms with Gasteiger partial charge >= 0.3 is 0 Å². The molecule has 0 amide bonds. The summed E-state index contributed by atoms with van der Waals surface area (Å²) >= 11 is 0. The van der Waals surface area contributed by atoms with Crippen molar-refractivity contribution in [3.05, 3.63) is 0 Å². The highest BCUT2D eigenvalue weighted by Crippen LogP contribution is 2.26. The summed E-state index contributed by atoms with van der Waals surface area (Å²) in [5.41, 5.74) is 0.246. The maximum Gasteiger partial charge on any atom is 0.0224 e. The summed E-state index contributed by atoms with van der Waals surface area (Å²) in [5, 5.41) is 3.62. The summed E-state index contributed by atoms with van der Waals surface area (Å²) in [6.45, 7) is 16.6. The van der Waals surface area contributed by atoms with Crippen molar-refractivity contribution < 1.29 is 0 Å². The maximum absolute atomic E-state index is 3.62. The lowest BCUT2D eigenvalue weighted by molar-refractivity contribution is 0.0303. The fourth-order valence-electron chi connectivity index (χ4n) is 3.65. The van der Waals surface area contributed by atoms with E-state index >= 15 is 0 Å². The zero-order valence-electron chi connectivity index (χ0n) is 13.6. The third-order valence-electron chi connectivity index (χ3n) is 4.77. The van der Waals surface area contributed by atoms with Gasteiger partial charge in [0.05, 0.1) is 0 Å². The molecule has 0 aliphatic carbocycles. The van der Waals surface area contributed by atoms with Gasteiger partial charge in [0.15, 0.2) is 0 Å². The van der Waals surface area contributed by atoms with E-state index in [0.29, 0.717) is 6.04 Å². The molecule has 2 heterocycles. The Morgan fingerprint density at radius 2 is 2.00 bits per heavy atom. The lowest BCUT2D eigenvalue weighted by atomic mass is 10.0. The first-order valence-corrected chi connectivity index (χ1v) is 8.11. The van der Waals surface area contributed by atoms with Gasteiger partial charge in [-0.05, 0) is 67.0 Å². The fourth-order valence-corrected chi connectivity index (χ4v) is 3.65. The van der Waals surface area contributed by atoms with E-state index in [0.717, 1.165) is 18.6 Å². The Kier molecular flexibility index (Phi) is 4.91. The summed E-state index contributed by atoms with van der Waals surface area (Å²) in [5.74, 6) is 0. The molecule has 2 aliphatic rings. The standard InChI is InChI=1S/C16H33N3/c1-13(8-9-17-16(3,4)5)19-12-15-7-6-10-18(15)11-14(19)2/h13-15,17H,6-12H2,1-5H3. The summed E-state index contributed by atoms with van der Waals surface area (Å²) in [4.78, 5) is 5.46. The molecule has 2 saturated heterocycles. The molecule has 0 bridgehead atoms. The Morgan fingerprint density at radius 1 is 1.26 bits per heavy atom. The third-order valence-corrected chi connectivity index (χ3v) is 4.77. The van der Waals surface area contributed by atoms with E-state index in [1.165, 1.54) is 38.9 Å². The Hall–Kier alpha value is -0.120. The fraction of sp³-hybridized carbons (Fsp3) is 1.00. The number of nitrogens with one attached hydrogen (secondary N) is 1. The molecule has 0 saturated carbocycles. The molecule has 112 valence electrons. The predicted octanol–water partition coefficient (Wildman–Crippen LogP) is 2.32. The van der Waals surface area contributed by atoms with Gasteiger partial charge < -0.3 is 5.32 Å². The number of hydrogen-bond donors (Lipinski definition) is 1. The van der Waals surface area contributed by atoms with E-state index in [1.807, 2.05) is 0 Å². The van der Waals surface area contributed by atoms with E-state index in [-0.39, 0.29) is 5.54 Å². The number of nitrogens with zero attached hydrogens (tertiary/aromatic N) is 2. The van der Waals surface area contributed by atoms with Gasteiger partial charge in [0.25, 0.3) is 0 Å². The molecule has 1 N–H and O–H groups in total. The number of hydrogen-bond acceptors (Lipinski definition) is 3. The van der Waals surface area contributed by atoms with Gasteiger partial charge in [-0.1, -0.05) is 0 Å². The molecule has 3 atom stereocenters. The van der Waals surface area contributed by atoms with Crippen molar-refractivity contribution >= 4 is 0 Å². The molecule has 0 aromatic rings. The largest absolute Gasteiger partial charge is 0.312 e. The van der Waals surface area contributed by atoms with Crippen LogP contribution < -0.4 is 5.32 Å². The zero-order chi connectivity index (χ0) is 14.0. The van der Waals surface area contributed by atoms with Crippen molar-refractivity contribution in [1.82, 2.24) is 15.1 Å². The molecule has 19 heavy (non-hydrogen) atoms. The van der Waals surface area contributed by atoms with Crippen LogP contribution in [0.25, 0.3) is 0 Å². The molecular weight excluding hydrogens is 234 g/mol. The molecule has 3 unspecified atom stereocenters. The minimum Gasteiger partial charge on any atom is -0.312 e. The van der Waals surface area contributed by atoms with Gasteiger partial charge in [-0.15, -0.1) is 0 Å². The van der Waals surface area contributed by atoms with Crippen LogP contribution in [-0.2, 0) is 0 Å². The Morgan fingerprint density at radius 3 is 2.68 bits per heavy atom. The smallest absolute Gasteiger partial charge is 0.0224 e. The van der Waals surface area contributed by atoms with Gasteiger partial charge in [-0.3, -0.25) is 9.80 Å². The maximum atomic E-state index is 3.62. The highest BCUT2D eigenvalue weighted by atomic mass is 15.3. The molecule has 2 rings (SSSR count). The summed E-state index contributed by atoms with van der Waals surface area (Å²) in [6.07, 6.45) is 4.08. The Bertz CT molecular complexity index is 284. The molecular formula is C16H33N3. The average molecular weight is 267 g/mol. The van der Waals surface area contributed by atoms with Crippen molar-refractivity contribution in [1.29, 1.82) is 0 Å².